The van der Waals surface area contributed by atoms with Gasteiger partial charge < -0.3 is 5.32 Å². The van der Waals surface area contributed by atoms with Crippen molar-refractivity contribution in [1.29, 1.82) is 0 Å². The molecule has 1 unspecified atom stereocenters. The zero-order chi connectivity index (χ0) is 15.9. The zero-order valence-corrected chi connectivity index (χ0v) is 15.2. The molecule has 0 fully saturated rings. The average Bonchev–Trinajstić information content (AvgIpc) is 2.75. The molecule has 1 aromatic heterocycles. The lowest BCUT2D eigenvalue weighted by molar-refractivity contribution is 0.269. The van der Waals surface area contributed by atoms with Gasteiger partial charge in [0.15, 0.2) is 0 Å². The summed E-state index contributed by atoms with van der Waals surface area (Å²) in [5.41, 5.74) is 2.49. The van der Waals surface area contributed by atoms with E-state index in [4.69, 9.17) is 11.6 Å². The van der Waals surface area contributed by atoms with E-state index >= 15 is 0 Å². The first-order valence-electron chi connectivity index (χ1n) is 8.46. The molecular weight excluding hydrogens is 282 g/mol. The highest BCUT2D eigenvalue weighted by atomic mass is 35.5. The first-order chi connectivity index (χ1) is 10.0. The summed E-state index contributed by atoms with van der Waals surface area (Å²) >= 11 is 6.57. The molecular formula is C17H32ClN3. The highest BCUT2D eigenvalue weighted by Crippen LogP contribution is 2.32. The summed E-state index contributed by atoms with van der Waals surface area (Å²) in [7, 11) is 0. The summed E-state index contributed by atoms with van der Waals surface area (Å²) in [5, 5.41) is 9.12. The Kier molecular flexibility index (Phi) is 7.75. The van der Waals surface area contributed by atoms with Crippen LogP contribution in [0.5, 0.6) is 0 Å². The lowest BCUT2D eigenvalue weighted by atomic mass is 9.81. The summed E-state index contributed by atoms with van der Waals surface area (Å²) in [6.07, 6.45) is 5.48. The number of hydrogen-bond donors (Lipinski definition) is 1. The number of aryl methyl sites for hydroxylation is 2. The molecule has 0 saturated carbocycles. The van der Waals surface area contributed by atoms with Crippen LogP contribution in [-0.4, -0.2) is 22.9 Å². The van der Waals surface area contributed by atoms with Crippen LogP contribution in [0.4, 0.5) is 0 Å². The number of aromatic nitrogens is 2. The van der Waals surface area contributed by atoms with E-state index < -0.39 is 0 Å². The Labute approximate surface area is 135 Å². The van der Waals surface area contributed by atoms with Crippen LogP contribution in [-0.2, 0) is 19.4 Å². The Bertz CT molecular complexity index is 428. The van der Waals surface area contributed by atoms with E-state index in [0.29, 0.717) is 0 Å². The van der Waals surface area contributed by atoms with Gasteiger partial charge in [0, 0.05) is 13.1 Å². The minimum Gasteiger partial charge on any atom is -0.316 e. The predicted octanol–water partition coefficient (Wildman–Crippen LogP) is 4.47. The van der Waals surface area contributed by atoms with Crippen LogP contribution in [0.2, 0.25) is 5.02 Å². The van der Waals surface area contributed by atoms with Crippen molar-refractivity contribution in [2.45, 2.75) is 73.3 Å². The average molecular weight is 314 g/mol. The summed E-state index contributed by atoms with van der Waals surface area (Å²) in [4.78, 5) is 0. The van der Waals surface area contributed by atoms with Crippen molar-refractivity contribution in [3.05, 3.63) is 16.4 Å². The third kappa shape index (κ3) is 5.00. The van der Waals surface area contributed by atoms with E-state index in [1.165, 1.54) is 25.0 Å². The molecule has 0 aliphatic rings. The van der Waals surface area contributed by atoms with E-state index in [0.717, 1.165) is 43.2 Å². The monoisotopic (exact) mass is 313 g/mol. The van der Waals surface area contributed by atoms with Crippen LogP contribution in [0.3, 0.4) is 0 Å². The molecule has 1 atom stereocenters. The molecule has 1 aromatic rings. The van der Waals surface area contributed by atoms with E-state index in [9.17, 15) is 0 Å². The third-order valence-corrected chi connectivity index (χ3v) is 4.56. The molecule has 0 radical (unpaired) electrons. The smallest absolute Gasteiger partial charge is 0.0850 e. The maximum atomic E-state index is 6.57. The highest BCUT2D eigenvalue weighted by Gasteiger charge is 2.27. The van der Waals surface area contributed by atoms with E-state index in [2.05, 4.69) is 49.7 Å². The molecule has 0 bridgehead atoms. The lowest BCUT2D eigenvalue weighted by Gasteiger charge is -2.30. The van der Waals surface area contributed by atoms with Crippen LogP contribution in [0.15, 0.2) is 0 Å². The van der Waals surface area contributed by atoms with E-state index in [1.807, 2.05) is 0 Å². The second-order valence-corrected chi connectivity index (χ2v) is 6.67. The van der Waals surface area contributed by atoms with Crippen molar-refractivity contribution in [3.8, 4) is 0 Å². The van der Waals surface area contributed by atoms with Gasteiger partial charge in [-0.05, 0) is 44.6 Å². The fourth-order valence-electron chi connectivity index (χ4n) is 3.00. The lowest BCUT2D eigenvalue weighted by Crippen LogP contribution is -2.34. The normalized spacial score (nSPS) is 14.4. The molecule has 4 heteroatoms. The van der Waals surface area contributed by atoms with Gasteiger partial charge in [-0.2, -0.15) is 5.10 Å². The quantitative estimate of drug-likeness (QED) is 0.646. The maximum absolute atomic E-state index is 6.57. The van der Waals surface area contributed by atoms with Crippen molar-refractivity contribution in [1.82, 2.24) is 15.1 Å². The topological polar surface area (TPSA) is 29.9 Å². The standard InChI is InChI=1S/C17H32ClN3/c1-6-10-17(5,13-19-11-7-2)12-15-16(18)14(8-3)20-21(15)9-4/h19H,6-13H2,1-5H3. The fraction of sp³-hybridized carbons (Fsp3) is 0.824. The number of halogens is 1. The number of nitrogens with zero attached hydrogens (tertiary/aromatic N) is 2. The second kappa shape index (κ2) is 8.79. The van der Waals surface area contributed by atoms with Gasteiger partial charge in [-0.15, -0.1) is 0 Å². The van der Waals surface area contributed by atoms with Gasteiger partial charge in [0.2, 0.25) is 0 Å². The fourth-order valence-corrected chi connectivity index (χ4v) is 3.34. The molecule has 3 nitrogen and oxygen atoms in total. The molecule has 21 heavy (non-hydrogen) atoms. The summed E-state index contributed by atoms with van der Waals surface area (Å²) < 4.78 is 2.09. The number of rotatable bonds is 10. The predicted molar refractivity (Wildman–Crippen MR) is 92.2 cm³/mol. The van der Waals surface area contributed by atoms with Gasteiger partial charge in [0.25, 0.3) is 0 Å². The molecule has 0 spiro atoms. The largest absolute Gasteiger partial charge is 0.316 e. The van der Waals surface area contributed by atoms with Crippen LogP contribution >= 0.6 is 11.6 Å². The molecule has 122 valence electrons. The summed E-state index contributed by atoms with van der Waals surface area (Å²) in [6.45, 7) is 14.1. The van der Waals surface area contributed by atoms with Gasteiger partial charge in [-0.1, -0.05) is 45.7 Å². The Morgan fingerprint density at radius 3 is 2.43 bits per heavy atom. The maximum Gasteiger partial charge on any atom is 0.0850 e. The minimum atomic E-state index is 0.242. The Balaban J connectivity index is 2.94. The first kappa shape index (κ1) is 18.5. The van der Waals surface area contributed by atoms with Crippen LogP contribution < -0.4 is 5.32 Å². The Hall–Kier alpha value is -0.540. The molecule has 0 aromatic carbocycles. The van der Waals surface area contributed by atoms with Crippen molar-refractivity contribution >= 4 is 11.6 Å². The Morgan fingerprint density at radius 1 is 1.19 bits per heavy atom. The first-order valence-corrected chi connectivity index (χ1v) is 8.83. The summed E-state index contributed by atoms with van der Waals surface area (Å²) in [5.74, 6) is 0. The highest BCUT2D eigenvalue weighted by molar-refractivity contribution is 6.31. The SMILES string of the molecule is CCCNCC(C)(CCC)Cc1c(Cl)c(CC)nn1CC. The molecule has 1 N–H and O–H groups in total. The molecule has 0 saturated heterocycles. The number of nitrogens with one attached hydrogen (secondary N) is 1. The molecule has 0 aliphatic heterocycles. The van der Waals surface area contributed by atoms with Crippen LogP contribution in [0, 0.1) is 5.41 Å². The molecule has 1 rings (SSSR count). The number of hydrogen-bond acceptors (Lipinski definition) is 2. The minimum absolute atomic E-state index is 0.242. The van der Waals surface area contributed by atoms with Crippen molar-refractivity contribution in [2.75, 3.05) is 13.1 Å². The van der Waals surface area contributed by atoms with E-state index in [-0.39, 0.29) is 5.41 Å². The zero-order valence-electron chi connectivity index (χ0n) is 14.4. The molecule has 0 amide bonds. The Morgan fingerprint density at radius 2 is 1.90 bits per heavy atom. The van der Waals surface area contributed by atoms with Crippen LogP contribution in [0.25, 0.3) is 0 Å². The van der Waals surface area contributed by atoms with Crippen LogP contribution in [0.1, 0.15) is 65.3 Å². The third-order valence-electron chi connectivity index (χ3n) is 4.12. The summed E-state index contributed by atoms with van der Waals surface area (Å²) in [6, 6.07) is 0. The van der Waals surface area contributed by atoms with Gasteiger partial charge in [-0.3, -0.25) is 4.68 Å². The van der Waals surface area contributed by atoms with Gasteiger partial charge >= 0.3 is 0 Å². The van der Waals surface area contributed by atoms with Crippen molar-refractivity contribution in [3.63, 3.8) is 0 Å². The van der Waals surface area contributed by atoms with Crippen molar-refractivity contribution < 1.29 is 0 Å². The van der Waals surface area contributed by atoms with Crippen molar-refractivity contribution in [2.24, 2.45) is 5.41 Å². The van der Waals surface area contributed by atoms with Gasteiger partial charge in [0.05, 0.1) is 16.4 Å². The van der Waals surface area contributed by atoms with Gasteiger partial charge in [-0.25, -0.2) is 0 Å². The van der Waals surface area contributed by atoms with Gasteiger partial charge in [0.1, 0.15) is 0 Å². The molecule has 1 heterocycles. The second-order valence-electron chi connectivity index (χ2n) is 6.29. The molecule has 0 aliphatic carbocycles. The van der Waals surface area contributed by atoms with E-state index in [1.54, 1.807) is 0 Å².